The Hall–Kier alpha value is -0.770. The molecule has 0 amide bonds. The third-order valence-corrected chi connectivity index (χ3v) is 1.90. The van der Waals surface area contributed by atoms with Gasteiger partial charge in [0.2, 0.25) is 0 Å². The van der Waals surface area contributed by atoms with E-state index in [0.717, 1.165) is 5.56 Å². The van der Waals surface area contributed by atoms with Gasteiger partial charge >= 0.3 is 6.18 Å². The molecule has 0 saturated carbocycles. The van der Waals surface area contributed by atoms with Crippen molar-refractivity contribution in [1.82, 2.24) is 0 Å². The number of halogens is 4. The van der Waals surface area contributed by atoms with Crippen LogP contribution in [-0.2, 0) is 6.42 Å². The lowest BCUT2D eigenvalue weighted by atomic mass is 10.1. The minimum absolute atomic E-state index is 0.282. The summed E-state index contributed by atoms with van der Waals surface area (Å²) < 4.78 is 35.9. The maximum atomic E-state index is 12.0. The SMILES string of the molecule is FC(F)(F)Cc1ccc(/C=C/Br)cc1. The molecule has 14 heavy (non-hydrogen) atoms. The van der Waals surface area contributed by atoms with Gasteiger partial charge in [0.25, 0.3) is 0 Å². The van der Waals surface area contributed by atoms with E-state index in [9.17, 15) is 13.2 Å². The van der Waals surface area contributed by atoms with E-state index < -0.39 is 12.6 Å². The van der Waals surface area contributed by atoms with Gasteiger partial charge in [0, 0.05) is 0 Å². The van der Waals surface area contributed by atoms with Gasteiger partial charge in [0.05, 0.1) is 6.42 Å². The van der Waals surface area contributed by atoms with E-state index in [4.69, 9.17) is 0 Å². The van der Waals surface area contributed by atoms with Crippen molar-refractivity contribution < 1.29 is 13.2 Å². The van der Waals surface area contributed by atoms with Crippen LogP contribution < -0.4 is 0 Å². The van der Waals surface area contributed by atoms with Crippen LogP contribution in [0, 0.1) is 0 Å². The molecule has 0 aliphatic rings. The van der Waals surface area contributed by atoms with Gasteiger partial charge in [0.1, 0.15) is 0 Å². The highest BCUT2D eigenvalue weighted by Crippen LogP contribution is 2.21. The molecule has 0 atom stereocenters. The molecule has 0 fully saturated rings. The zero-order chi connectivity index (χ0) is 10.6. The molecule has 0 spiro atoms. The molecule has 0 radical (unpaired) electrons. The summed E-state index contributed by atoms with van der Waals surface area (Å²) >= 11 is 3.09. The maximum Gasteiger partial charge on any atom is 0.393 e. The molecule has 0 bridgehead atoms. The fraction of sp³-hybridized carbons (Fsp3) is 0.200. The molecule has 0 saturated heterocycles. The highest BCUT2D eigenvalue weighted by molar-refractivity contribution is 9.11. The monoisotopic (exact) mass is 264 g/mol. The Labute approximate surface area is 88.6 Å². The summed E-state index contributed by atoms with van der Waals surface area (Å²) in [7, 11) is 0. The van der Waals surface area contributed by atoms with E-state index in [2.05, 4.69) is 15.9 Å². The van der Waals surface area contributed by atoms with Crippen LogP contribution in [0.4, 0.5) is 13.2 Å². The number of rotatable bonds is 2. The fourth-order valence-electron chi connectivity index (χ4n) is 1.05. The molecule has 4 heteroatoms. The Kier molecular flexibility index (Phi) is 3.75. The lowest BCUT2D eigenvalue weighted by Crippen LogP contribution is -2.11. The topological polar surface area (TPSA) is 0 Å². The van der Waals surface area contributed by atoms with Crippen molar-refractivity contribution in [1.29, 1.82) is 0 Å². The van der Waals surface area contributed by atoms with Crippen LogP contribution in [0.25, 0.3) is 6.08 Å². The number of hydrogen-bond donors (Lipinski definition) is 0. The van der Waals surface area contributed by atoms with E-state index in [1.807, 2.05) is 0 Å². The first-order chi connectivity index (χ1) is 6.51. The van der Waals surface area contributed by atoms with Gasteiger partial charge in [0.15, 0.2) is 0 Å². The molecule has 76 valence electrons. The number of hydrogen-bond acceptors (Lipinski definition) is 0. The van der Waals surface area contributed by atoms with E-state index in [1.165, 1.54) is 12.1 Å². The van der Waals surface area contributed by atoms with Gasteiger partial charge in [-0.1, -0.05) is 40.2 Å². The summed E-state index contributed by atoms with van der Waals surface area (Å²) in [5.74, 6) is 0. The lowest BCUT2D eigenvalue weighted by molar-refractivity contribution is -0.127. The molecule has 0 aromatic heterocycles. The minimum Gasteiger partial charge on any atom is -0.171 e. The summed E-state index contributed by atoms with van der Waals surface area (Å²) in [5.41, 5.74) is 1.15. The second-order valence-corrected chi connectivity index (χ2v) is 3.35. The standard InChI is InChI=1S/C10H8BrF3/c11-6-5-8-1-3-9(4-2-8)7-10(12,13)14/h1-6H,7H2/b6-5+. The van der Waals surface area contributed by atoms with Crippen molar-refractivity contribution in [3.63, 3.8) is 0 Å². The second-order valence-electron chi connectivity index (χ2n) is 2.83. The first-order valence-electron chi connectivity index (χ1n) is 3.94. The summed E-state index contributed by atoms with van der Waals surface area (Å²) in [6, 6.07) is 6.27. The summed E-state index contributed by atoms with van der Waals surface area (Å²) in [5, 5.41) is 0. The van der Waals surface area contributed by atoms with Crippen molar-refractivity contribution in [2.24, 2.45) is 0 Å². The Morgan fingerprint density at radius 2 is 1.71 bits per heavy atom. The number of alkyl halides is 3. The minimum atomic E-state index is -4.13. The van der Waals surface area contributed by atoms with Crippen LogP contribution in [0.3, 0.4) is 0 Å². The molecule has 0 aliphatic heterocycles. The molecule has 1 aromatic rings. The summed E-state index contributed by atoms with van der Waals surface area (Å²) in [6.45, 7) is 0. The number of benzene rings is 1. The third kappa shape index (κ3) is 3.96. The van der Waals surface area contributed by atoms with Gasteiger partial charge in [-0.3, -0.25) is 0 Å². The molecular weight excluding hydrogens is 257 g/mol. The van der Waals surface area contributed by atoms with Gasteiger partial charge in [-0.25, -0.2) is 0 Å². The van der Waals surface area contributed by atoms with Gasteiger partial charge < -0.3 is 0 Å². The van der Waals surface area contributed by atoms with Crippen molar-refractivity contribution in [3.05, 3.63) is 40.4 Å². The molecule has 1 aromatic carbocycles. The fourth-order valence-corrected chi connectivity index (χ4v) is 1.36. The maximum absolute atomic E-state index is 12.0. The van der Waals surface area contributed by atoms with E-state index in [0.29, 0.717) is 0 Å². The zero-order valence-corrected chi connectivity index (χ0v) is 8.77. The Balaban J connectivity index is 2.74. The van der Waals surface area contributed by atoms with E-state index >= 15 is 0 Å². The molecule has 0 heterocycles. The lowest BCUT2D eigenvalue weighted by Gasteiger charge is -2.05. The van der Waals surface area contributed by atoms with E-state index in [-0.39, 0.29) is 5.56 Å². The molecular formula is C10H8BrF3. The van der Waals surface area contributed by atoms with Crippen LogP contribution in [-0.4, -0.2) is 6.18 Å². The predicted molar refractivity (Wildman–Crippen MR) is 54.2 cm³/mol. The van der Waals surface area contributed by atoms with Gasteiger partial charge in [-0.15, -0.1) is 0 Å². The van der Waals surface area contributed by atoms with Crippen molar-refractivity contribution >= 4 is 22.0 Å². The normalized spacial score (nSPS) is 12.3. The largest absolute Gasteiger partial charge is 0.393 e. The Morgan fingerprint density at radius 3 is 2.14 bits per heavy atom. The van der Waals surface area contributed by atoms with Gasteiger partial charge in [-0.05, 0) is 22.2 Å². The quantitative estimate of drug-likeness (QED) is 0.753. The second kappa shape index (κ2) is 4.64. The van der Waals surface area contributed by atoms with Crippen molar-refractivity contribution in [2.75, 3.05) is 0 Å². The van der Waals surface area contributed by atoms with Crippen LogP contribution in [0.15, 0.2) is 29.3 Å². The van der Waals surface area contributed by atoms with E-state index in [1.54, 1.807) is 23.2 Å². The van der Waals surface area contributed by atoms with Crippen molar-refractivity contribution in [2.45, 2.75) is 12.6 Å². The zero-order valence-electron chi connectivity index (χ0n) is 7.18. The first-order valence-corrected chi connectivity index (χ1v) is 4.85. The molecule has 0 unspecified atom stereocenters. The molecule has 0 aliphatic carbocycles. The molecule has 1 rings (SSSR count). The Bertz CT molecular complexity index is 311. The average Bonchev–Trinajstić information content (AvgIpc) is 2.06. The molecule has 0 N–H and O–H groups in total. The highest BCUT2D eigenvalue weighted by Gasteiger charge is 2.27. The van der Waals surface area contributed by atoms with Crippen LogP contribution in [0.5, 0.6) is 0 Å². The Morgan fingerprint density at radius 1 is 1.14 bits per heavy atom. The van der Waals surface area contributed by atoms with Crippen LogP contribution in [0.1, 0.15) is 11.1 Å². The van der Waals surface area contributed by atoms with Crippen LogP contribution in [0.2, 0.25) is 0 Å². The van der Waals surface area contributed by atoms with Gasteiger partial charge in [-0.2, -0.15) is 13.2 Å². The summed E-state index contributed by atoms with van der Waals surface area (Å²) in [4.78, 5) is 1.66. The third-order valence-electron chi connectivity index (χ3n) is 1.64. The smallest absolute Gasteiger partial charge is 0.171 e. The molecule has 0 nitrogen and oxygen atoms in total. The summed E-state index contributed by atoms with van der Waals surface area (Å²) in [6.07, 6.45) is -3.24. The van der Waals surface area contributed by atoms with Crippen LogP contribution >= 0.6 is 15.9 Å². The average molecular weight is 265 g/mol. The van der Waals surface area contributed by atoms with Crippen molar-refractivity contribution in [3.8, 4) is 0 Å². The highest BCUT2D eigenvalue weighted by atomic mass is 79.9. The predicted octanol–water partition coefficient (Wildman–Crippen LogP) is 4.16. The first kappa shape index (κ1) is 11.3.